The summed E-state index contributed by atoms with van der Waals surface area (Å²) < 4.78 is 3.95. The Morgan fingerprint density at radius 3 is 2.43 bits per heavy atom. The van der Waals surface area contributed by atoms with Crippen LogP contribution in [0.5, 0.6) is 5.88 Å². The van der Waals surface area contributed by atoms with E-state index in [1.807, 2.05) is 61.6 Å². The summed E-state index contributed by atoms with van der Waals surface area (Å²) in [6, 6.07) is 24.4. The van der Waals surface area contributed by atoms with Gasteiger partial charge in [-0.3, -0.25) is 0 Å². The van der Waals surface area contributed by atoms with E-state index in [0.717, 1.165) is 39.1 Å². The molecule has 1 N–H and O–H groups in total. The third kappa shape index (κ3) is 2.31. The van der Waals surface area contributed by atoms with Crippen molar-refractivity contribution in [2.75, 3.05) is 0 Å². The topological polar surface area (TPSA) is 41.4 Å². The van der Waals surface area contributed by atoms with Crippen molar-refractivity contribution in [1.29, 1.82) is 0 Å². The molecule has 0 bridgehead atoms. The van der Waals surface area contributed by atoms with Crippen LogP contribution < -0.4 is 4.57 Å². The summed E-state index contributed by atoms with van der Waals surface area (Å²) in [5.41, 5.74) is 6.82. The molecule has 1 aliphatic heterocycles. The monoisotopic (exact) mass is 366 g/mol. The van der Waals surface area contributed by atoms with Crippen LogP contribution in [0.15, 0.2) is 89.6 Å². The van der Waals surface area contributed by atoms with Crippen LogP contribution in [0.4, 0.5) is 5.69 Å². The van der Waals surface area contributed by atoms with Crippen LogP contribution in [0.25, 0.3) is 16.6 Å². The Hall–Kier alpha value is -3.66. The number of hydrogen-bond donors (Lipinski definition) is 1. The van der Waals surface area contributed by atoms with E-state index in [1.54, 1.807) is 4.57 Å². The second-order valence-electron chi connectivity index (χ2n) is 7.00. The minimum absolute atomic E-state index is 0.178. The summed E-state index contributed by atoms with van der Waals surface area (Å²) in [6.45, 7) is 2.09. The van der Waals surface area contributed by atoms with E-state index in [4.69, 9.17) is 4.99 Å². The molecule has 0 aliphatic carbocycles. The average molecular weight is 366 g/mol. The van der Waals surface area contributed by atoms with E-state index in [-0.39, 0.29) is 5.88 Å². The molecule has 136 valence electrons. The summed E-state index contributed by atoms with van der Waals surface area (Å²) in [5, 5.41) is 11.7. The van der Waals surface area contributed by atoms with Crippen molar-refractivity contribution in [2.45, 2.75) is 6.92 Å². The Morgan fingerprint density at radius 1 is 0.893 bits per heavy atom. The molecule has 4 heteroatoms. The van der Waals surface area contributed by atoms with Crippen molar-refractivity contribution >= 4 is 28.0 Å². The molecule has 0 fully saturated rings. The fourth-order valence-electron chi connectivity index (χ4n) is 3.99. The molecule has 5 rings (SSSR count). The van der Waals surface area contributed by atoms with E-state index < -0.39 is 0 Å². The number of hydrogen-bond acceptors (Lipinski definition) is 2. The highest BCUT2D eigenvalue weighted by atomic mass is 16.3. The first-order valence-corrected chi connectivity index (χ1v) is 9.30. The van der Waals surface area contributed by atoms with Gasteiger partial charge in [-0.05, 0) is 31.2 Å². The van der Waals surface area contributed by atoms with Crippen LogP contribution in [0.3, 0.4) is 0 Å². The summed E-state index contributed by atoms with van der Waals surface area (Å²) in [6.07, 6.45) is 2.06. The quantitative estimate of drug-likeness (QED) is 0.518. The number of aliphatic imine (C=N–C) groups is 1. The average Bonchev–Trinajstić information content (AvgIpc) is 3.15. The number of aromatic nitrogens is 2. The van der Waals surface area contributed by atoms with Gasteiger partial charge in [-0.15, -0.1) is 0 Å². The smallest absolute Gasteiger partial charge is 0.237 e. The number of nitrogens with zero attached hydrogens (tertiary/aromatic N) is 3. The molecule has 4 nitrogen and oxygen atoms in total. The SMILES string of the molecule is CC1=C(c2ccccc2)[n+]2ccccc2/C1=N/c1c(O)n(C)c2ccccc12. The van der Waals surface area contributed by atoms with Crippen LogP contribution in [0, 0.1) is 0 Å². The number of fused-ring (bicyclic) bond motifs is 2. The number of allylic oxidation sites excluding steroid dienone is 1. The Balaban J connectivity index is 1.80. The minimum Gasteiger partial charge on any atom is -0.493 e. The number of pyridine rings is 1. The Bertz CT molecular complexity index is 1280. The second-order valence-corrected chi connectivity index (χ2v) is 7.00. The first kappa shape index (κ1) is 16.5. The normalized spacial score (nSPS) is 14.9. The van der Waals surface area contributed by atoms with Gasteiger partial charge >= 0.3 is 0 Å². The van der Waals surface area contributed by atoms with Gasteiger partial charge in [0, 0.05) is 30.1 Å². The van der Waals surface area contributed by atoms with Crippen molar-refractivity contribution < 1.29 is 9.67 Å². The van der Waals surface area contributed by atoms with Crippen LogP contribution in [-0.4, -0.2) is 15.4 Å². The van der Waals surface area contributed by atoms with Crippen LogP contribution in [0.2, 0.25) is 0 Å². The molecular weight excluding hydrogens is 346 g/mol. The fraction of sp³-hybridized carbons (Fsp3) is 0.0833. The summed E-state index contributed by atoms with van der Waals surface area (Å²) in [5.74, 6) is 0.178. The maximum absolute atomic E-state index is 10.7. The summed E-state index contributed by atoms with van der Waals surface area (Å²) >= 11 is 0. The van der Waals surface area contributed by atoms with Gasteiger partial charge in [0.15, 0.2) is 6.20 Å². The zero-order valence-corrected chi connectivity index (χ0v) is 15.8. The van der Waals surface area contributed by atoms with E-state index >= 15 is 0 Å². The number of rotatable bonds is 2. The molecule has 0 radical (unpaired) electrons. The van der Waals surface area contributed by atoms with Crippen molar-refractivity contribution in [2.24, 2.45) is 12.0 Å². The Morgan fingerprint density at radius 2 is 1.61 bits per heavy atom. The third-order valence-electron chi connectivity index (χ3n) is 5.37. The van der Waals surface area contributed by atoms with Gasteiger partial charge in [0.05, 0.1) is 11.1 Å². The first-order valence-electron chi connectivity index (χ1n) is 9.30. The van der Waals surface area contributed by atoms with Gasteiger partial charge in [0.25, 0.3) is 0 Å². The molecular formula is C24H20N3O+. The lowest BCUT2D eigenvalue weighted by molar-refractivity contribution is -0.577. The van der Waals surface area contributed by atoms with E-state index in [1.165, 1.54) is 0 Å². The molecule has 0 atom stereocenters. The molecule has 28 heavy (non-hydrogen) atoms. The lowest BCUT2D eigenvalue weighted by Crippen LogP contribution is -2.34. The zero-order chi connectivity index (χ0) is 19.3. The zero-order valence-electron chi connectivity index (χ0n) is 15.8. The predicted molar refractivity (Wildman–Crippen MR) is 112 cm³/mol. The van der Waals surface area contributed by atoms with Gasteiger partial charge in [-0.25, -0.2) is 4.99 Å². The van der Waals surface area contributed by atoms with Gasteiger partial charge < -0.3 is 9.67 Å². The highest BCUT2D eigenvalue weighted by molar-refractivity contribution is 6.18. The van der Waals surface area contributed by atoms with Gasteiger partial charge in [0.2, 0.25) is 17.3 Å². The number of benzene rings is 2. The summed E-state index contributed by atoms with van der Waals surface area (Å²) in [7, 11) is 1.86. The number of aromatic hydroxyl groups is 1. The van der Waals surface area contributed by atoms with Crippen LogP contribution in [-0.2, 0) is 7.05 Å². The molecule has 0 saturated heterocycles. The van der Waals surface area contributed by atoms with Crippen LogP contribution >= 0.6 is 0 Å². The van der Waals surface area contributed by atoms with E-state index in [2.05, 4.69) is 35.9 Å². The lowest BCUT2D eigenvalue weighted by Gasteiger charge is -1.99. The van der Waals surface area contributed by atoms with E-state index in [0.29, 0.717) is 5.69 Å². The summed E-state index contributed by atoms with van der Waals surface area (Å²) in [4.78, 5) is 4.97. The molecule has 0 spiro atoms. The maximum atomic E-state index is 10.7. The largest absolute Gasteiger partial charge is 0.493 e. The minimum atomic E-state index is 0.178. The molecule has 0 amide bonds. The highest BCUT2D eigenvalue weighted by Gasteiger charge is 2.35. The van der Waals surface area contributed by atoms with Crippen molar-refractivity contribution in [3.63, 3.8) is 0 Å². The molecule has 2 aromatic heterocycles. The Labute approximate surface area is 163 Å². The van der Waals surface area contributed by atoms with Crippen molar-refractivity contribution in [3.05, 3.63) is 95.8 Å². The highest BCUT2D eigenvalue weighted by Crippen LogP contribution is 2.39. The van der Waals surface area contributed by atoms with Crippen LogP contribution in [0.1, 0.15) is 18.2 Å². The van der Waals surface area contributed by atoms with Gasteiger partial charge in [-0.2, -0.15) is 4.57 Å². The molecule has 0 unspecified atom stereocenters. The predicted octanol–water partition coefficient (Wildman–Crippen LogP) is 4.59. The number of para-hydroxylation sites is 1. The third-order valence-corrected chi connectivity index (χ3v) is 5.37. The maximum Gasteiger partial charge on any atom is 0.237 e. The molecule has 0 saturated carbocycles. The first-order chi connectivity index (χ1) is 13.7. The lowest BCUT2D eigenvalue weighted by atomic mass is 10.1. The van der Waals surface area contributed by atoms with E-state index in [9.17, 15) is 5.11 Å². The van der Waals surface area contributed by atoms with Gasteiger partial charge in [-0.1, -0.05) is 36.4 Å². The van der Waals surface area contributed by atoms with Crippen molar-refractivity contribution in [3.8, 4) is 5.88 Å². The van der Waals surface area contributed by atoms with Gasteiger partial charge in [0.1, 0.15) is 11.4 Å². The molecule has 2 aromatic carbocycles. The molecule has 3 heterocycles. The standard InChI is InChI=1S/C24H19N3O/c1-16-21(25-22-18-12-6-7-13-19(18)26(2)24(22)28)20-14-8-9-15-27(20)23(16)17-10-4-3-5-11-17/h3-15H,1-2H3/p+1. The second kappa shape index (κ2) is 6.20. The molecule has 1 aliphatic rings. The Kier molecular flexibility index (Phi) is 3.66. The number of aryl methyl sites for hydroxylation is 1. The van der Waals surface area contributed by atoms with Crippen molar-refractivity contribution in [1.82, 2.24) is 4.57 Å². The fourth-order valence-corrected chi connectivity index (χ4v) is 3.99. The molecule has 4 aromatic rings.